The van der Waals surface area contributed by atoms with Crippen molar-refractivity contribution in [3.63, 3.8) is 0 Å². The van der Waals surface area contributed by atoms with Crippen LogP contribution in [0, 0.1) is 11.3 Å². The standard InChI is InChI=1S/C17H30N2O2/c1-16(2,3)21-15(20)19-10-4-5-14(19)11-18-12-17(8-9-17)13-6-7-13/h13-14,18H,4-12H2,1-3H3. The minimum Gasteiger partial charge on any atom is -0.444 e. The lowest BCUT2D eigenvalue weighted by Gasteiger charge is -2.29. The van der Waals surface area contributed by atoms with Crippen molar-refractivity contribution in [2.24, 2.45) is 11.3 Å². The van der Waals surface area contributed by atoms with Gasteiger partial charge in [0.25, 0.3) is 0 Å². The number of carbonyl (C=O) groups is 1. The molecule has 1 heterocycles. The van der Waals surface area contributed by atoms with Gasteiger partial charge in [-0.05, 0) is 70.6 Å². The lowest BCUT2D eigenvalue weighted by molar-refractivity contribution is 0.0226. The van der Waals surface area contributed by atoms with Crippen LogP contribution in [-0.2, 0) is 4.74 Å². The van der Waals surface area contributed by atoms with Crippen molar-refractivity contribution < 1.29 is 9.53 Å². The first kappa shape index (κ1) is 15.1. The molecule has 0 radical (unpaired) electrons. The zero-order valence-corrected chi connectivity index (χ0v) is 13.8. The van der Waals surface area contributed by atoms with E-state index in [9.17, 15) is 4.79 Å². The van der Waals surface area contributed by atoms with Crippen LogP contribution in [0.25, 0.3) is 0 Å². The average Bonchev–Trinajstić information content (AvgIpc) is 3.26. The average molecular weight is 294 g/mol. The van der Waals surface area contributed by atoms with Crippen LogP contribution < -0.4 is 5.32 Å². The molecule has 21 heavy (non-hydrogen) atoms. The maximum atomic E-state index is 12.2. The Labute approximate surface area is 128 Å². The largest absolute Gasteiger partial charge is 0.444 e. The summed E-state index contributed by atoms with van der Waals surface area (Å²) in [5.74, 6) is 0.996. The highest BCUT2D eigenvalue weighted by Gasteiger charge is 2.53. The summed E-state index contributed by atoms with van der Waals surface area (Å²) >= 11 is 0. The highest BCUT2D eigenvalue weighted by atomic mass is 16.6. The van der Waals surface area contributed by atoms with E-state index in [1.165, 1.54) is 25.7 Å². The SMILES string of the molecule is CC(C)(C)OC(=O)N1CCCC1CNCC1(C2CC2)CC1. The number of nitrogens with zero attached hydrogens (tertiary/aromatic N) is 1. The summed E-state index contributed by atoms with van der Waals surface area (Å²) < 4.78 is 5.52. The van der Waals surface area contributed by atoms with Gasteiger partial charge in [0.1, 0.15) is 5.60 Å². The summed E-state index contributed by atoms with van der Waals surface area (Å²) in [5, 5.41) is 3.65. The number of carbonyl (C=O) groups excluding carboxylic acids is 1. The second-order valence-electron chi connectivity index (χ2n) is 8.24. The Bertz CT molecular complexity index is 394. The van der Waals surface area contributed by atoms with Gasteiger partial charge in [-0.1, -0.05) is 0 Å². The van der Waals surface area contributed by atoms with Crippen molar-refractivity contribution in [2.45, 2.75) is 70.9 Å². The van der Waals surface area contributed by atoms with E-state index in [-0.39, 0.29) is 6.09 Å². The Hall–Kier alpha value is -0.770. The molecule has 1 aliphatic heterocycles. The predicted molar refractivity (Wildman–Crippen MR) is 83.2 cm³/mol. The van der Waals surface area contributed by atoms with Gasteiger partial charge in [0.05, 0.1) is 0 Å². The van der Waals surface area contributed by atoms with Crippen LogP contribution in [0.15, 0.2) is 0 Å². The predicted octanol–water partition coefficient (Wildman–Crippen LogP) is 3.17. The number of likely N-dealkylation sites (tertiary alicyclic amines) is 1. The van der Waals surface area contributed by atoms with Crippen molar-refractivity contribution in [1.29, 1.82) is 0 Å². The lowest BCUT2D eigenvalue weighted by atomic mass is 10.0. The van der Waals surface area contributed by atoms with Gasteiger partial charge in [0.2, 0.25) is 0 Å². The third-order valence-corrected chi connectivity index (χ3v) is 5.20. The quantitative estimate of drug-likeness (QED) is 0.847. The zero-order chi connectivity index (χ0) is 15.1. The first-order valence-electron chi connectivity index (χ1n) is 8.60. The Kier molecular flexibility index (Phi) is 3.93. The molecule has 1 atom stereocenters. The molecule has 1 N–H and O–H groups in total. The second kappa shape index (κ2) is 5.45. The normalized spacial score (nSPS) is 27.8. The monoisotopic (exact) mass is 294 g/mol. The number of rotatable bonds is 5. The van der Waals surface area contributed by atoms with E-state index in [2.05, 4.69) is 5.32 Å². The smallest absolute Gasteiger partial charge is 0.410 e. The van der Waals surface area contributed by atoms with Crippen LogP contribution >= 0.6 is 0 Å². The molecule has 3 rings (SSSR count). The number of ether oxygens (including phenoxy) is 1. The molecule has 0 aromatic carbocycles. The summed E-state index contributed by atoms with van der Waals surface area (Å²) in [7, 11) is 0. The fraction of sp³-hybridized carbons (Fsp3) is 0.941. The van der Waals surface area contributed by atoms with Crippen LogP contribution in [0.2, 0.25) is 0 Å². The Morgan fingerprint density at radius 1 is 1.29 bits per heavy atom. The molecule has 1 amide bonds. The van der Waals surface area contributed by atoms with Crippen molar-refractivity contribution in [1.82, 2.24) is 10.2 Å². The molecule has 4 nitrogen and oxygen atoms in total. The van der Waals surface area contributed by atoms with E-state index < -0.39 is 5.60 Å². The van der Waals surface area contributed by atoms with E-state index in [0.717, 1.165) is 38.4 Å². The van der Waals surface area contributed by atoms with Crippen molar-refractivity contribution in [3.8, 4) is 0 Å². The molecule has 0 spiro atoms. The number of nitrogens with one attached hydrogen (secondary N) is 1. The van der Waals surface area contributed by atoms with E-state index in [4.69, 9.17) is 4.74 Å². The molecular weight excluding hydrogens is 264 g/mol. The van der Waals surface area contributed by atoms with E-state index >= 15 is 0 Å². The molecule has 1 unspecified atom stereocenters. The third kappa shape index (κ3) is 3.71. The molecule has 4 heteroatoms. The first-order valence-corrected chi connectivity index (χ1v) is 8.60. The summed E-state index contributed by atoms with van der Waals surface area (Å²) in [6.07, 6.45) is 7.75. The zero-order valence-electron chi connectivity index (χ0n) is 13.8. The minimum atomic E-state index is -0.401. The first-order chi connectivity index (χ1) is 9.90. The van der Waals surface area contributed by atoms with Gasteiger partial charge >= 0.3 is 6.09 Å². The maximum absolute atomic E-state index is 12.2. The van der Waals surface area contributed by atoms with Gasteiger partial charge in [-0.2, -0.15) is 0 Å². The highest BCUT2D eigenvalue weighted by Crippen LogP contribution is 2.60. The molecule has 3 aliphatic rings. The summed E-state index contributed by atoms with van der Waals surface area (Å²) in [4.78, 5) is 14.2. The Morgan fingerprint density at radius 3 is 2.57 bits per heavy atom. The van der Waals surface area contributed by atoms with E-state index in [1.807, 2.05) is 25.7 Å². The summed E-state index contributed by atoms with van der Waals surface area (Å²) in [6.45, 7) is 8.71. The van der Waals surface area contributed by atoms with Crippen LogP contribution in [0.4, 0.5) is 4.79 Å². The van der Waals surface area contributed by atoms with Crippen molar-refractivity contribution in [3.05, 3.63) is 0 Å². The van der Waals surface area contributed by atoms with Gasteiger partial charge in [0, 0.05) is 25.7 Å². The molecule has 0 aromatic rings. The second-order valence-corrected chi connectivity index (χ2v) is 8.24. The van der Waals surface area contributed by atoms with Crippen molar-refractivity contribution in [2.75, 3.05) is 19.6 Å². The Morgan fingerprint density at radius 2 is 2.00 bits per heavy atom. The molecular formula is C17H30N2O2. The lowest BCUT2D eigenvalue weighted by Crippen LogP contribution is -2.45. The fourth-order valence-corrected chi connectivity index (χ4v) is 3.68. The number of hydrogen-bond donors (Lipinski definition) is 1. The topological polar surface area (TPSA) is 41.6 Å². The maximum Gasteiger partial charge on any atom is 0.410 e. The van der Waals surface area contributed by atoms with Crippen LogP contribution in [0.3, 0.4) is 0 Å². The van der Waals surface area contributed by atoms with Gasteiger partial charge in [-0.15, -0.1) is 0 Å². The minimum absolute atomic E-state index is 0.143. The number of hydrogen-bond acceptors (Lipinski definition) is 3. The van der Waals surface area contributed by atoms with Crippen molar-refractivity contribution >= 4 is 6.09 Å². The third-order valence-electron chi connectivity index (χ3n) is 5.20. The molecule has 0 aromatic heterocycles. The molecule has 120 valence electrons. The molecule has 2 saturated carbocycles. The van der Waals surface area contributed by atoms with E-state index in [1.54, 1.807) is 0 Å². The van der Waals surface area contributed by atoms with Gasteiger partial charge < -0.3 is 15.0 Å². The Balaban J connectivity index is 1.44. The molecule has 1 saturated heterocycles. The van der Waals surface area contributed by atoms with E-state index in [0.29, 0.717) is 11.5 Å². The van der Waals surface area contributed by atoms with Gasteiger partial charge in [-0.3, -0.25) is 0 Å². The summed E-state index contributed by atoms with van der Waals surface area (Å²) in [6, 6.07) is 0.315. The van der Waals surface area contributed by atoms with Crippen LogP contribution in [0.1, 0.15) is 59.3 Å². The van der Waals surface area contributed by atoms with Crippen LogP contribution in [-0.4, -0.2) is 42.3 Å². The van der Waals surface area contributed by atoms with Gasteiger partial charge in [-0.25, -0.2) is 4.79 Å². The molecule has 2 aliphatic carbocycles. The molecule has 3 fully saturated rings. The summed E-state index contributed by atoms with van der Waals surface area (Å²) in [5.41, 5.74) is 0.233. The van der Waals surface area contributed by atoms with Crippen LogP contribution in [0.5, 0.6) is 0 Å². The number of amides is 1. The van der Waals surface area contributed by atoms with Gasteiger partial charge in [0.15, 0.2) is 0 Å². The molecule has 0 bridgehead atoms. The fourth-order valence-electron chi connectivity index (χ4n) is 3.68. The highest BCUT2D eigenvalue weighted by molar-refractivity contribution is 5.69.